The predicted molar refractivity (Wildman–Crippen MR) is 77.0 cm³/mol. The number of ether oxygens (including phenoxy) is 3. The van der Waals surface area contributed by atoms with Crippen LogP contribution in [0.2, 0.25) is 5.02 Å². The molecule has 2 aromatic rings. The molecule has 2 rings (SSSR count). The van der Waals surface area contributed by atoms with Crippen LogP contribution in [0.15, 0.2) is 18.3 Å². The summed E-state index contributed by atoms with van der Waals surface area (Å²) >= 11 is 7.36. The molecule has 0 aliphatic carbocycles. The first-order chi connectivity index (χ1) is 9.60. The average Bonchev–Trinajstić information content (AvgIpc) is 2.95. The van der Waals surface area contributed by atoms with Crippen molar-refractivity contribution in [3.8, 4) is 22.1 Å². The van der Waals surface area contributed by atoms with Crippen LogP contribution in [0, 0.1) is 0 Å². The van der Waals surface area contributed by atoms with E-state index < -0.39 is 5.97 Å². The zero-order chi connectivity index (χ0) is 14.7. The molecule has 5 nitrogen and oxygen atoms in total. The molecule has 0 aliphatic heterocycles. The summed E-state index contributed by atoms with van der Waals surface area (Å²) in [6.07, 6.45) is 1.47. The number of thiazole rings is 1. The minimum atomic E-state index is -0.416. The molecule has 0 N–H and O–H groups in total. The van der Waals surface area contributed by atoms with Crippen molar-refractivity contribution in [2.45, 2.75) is 0 Å². The molecule has 0 spiro atoms. The van der Waals surface area contributed by atoms with Gasteiger partial charge in [0.1, 0.15) is 9.88 Å². The van der Waals surface area contributed by atoms with Gasteiger partial charge in [-0.25, -0.2) is 9.78 Å². The molecule has 0 aliphatic rings. The lowest BCUT2D eigenvalue weighted by molar-refractivity contribution is 0.0606. The minimum Gasteiger partial charge on any atom is -0.493 e. The SMILES string of the molecule is COC(=O)c1cnc(-c2cc(Cl)c(OC)c(OC)c2)s1. The second kappa shape index (κ2) is 6.11. The van der Waals surface area contributed by atoms with Gasteiger partial charge in [0, 0.05) is 5.56 Å². The van der Waals surface area contributed by atoms with Crippen molar-refractivity contribution >= 4 is 28.9 Å². The molecule has 0 atom stereocenters. The molecule has 106 valence electrons. The second-order valence-electron chi connectivity index (χ2n) is 3.71. The van der Waals surface area contributed by atoms with Gasteiger partial charge in [-0.2, -0.15) is 0 Å². The molecule has 1 heterocycles. The lowest BCUT2D eigenvalue weighted by atomic mass is 10.2. The molecule has 0 saturated carbocycles. The molecule has 0 amide bonds. The number of hydrogen-bond acceptors (Lipinski definition) is 6. The van der Waals surface area contributed by atoms with Crippen LogP contribution < -0.4 is 9.47 Å². The molecule has 0 radical (unpaired) electrons. The standard InChI is InChI=1S/C13H12ClNO4S/c1-17-9-5-7(4-8(14)11(9)18-2)12-15-6-10(20-12)13(16)19-3/h4-6H,1-3H3. The molecule has 0 fully saturated rings. The van der Waals surface area contributed by atoms with Crippen LogP contribution in [0.25, 0.3) is 10.6 Å². The Morgan fingerprint density at radius 3 is 2.60 bits per heavy atom. The van der Waals surface area contributed by atoms with Crippen LogP contribution in [0.5, 0.6) is 11.5 Å². The quantitative estimate of drug-likeness (QED) is 0.811. The Morgan fingerprint density at radius 1 is 1.25 bits per heavy atom. The van der Waals surface area contributed by atoms with Crippen molar-refractivity contribution in [1.29, 1.82) is 0 Å². The monoisotopic (exact) mass is 313 g/mol. The number of methoxy groups -OCH3 is 3. The van der Waals surface area contributed by atoms with E-state index in [1.807, 2.05) is 0 Å². The van der Waals surface area contributed by atoms with Gasteiger partial charge in [-0.05, 0) is 12.1 Å². The van der Waals surface area contributed by atoms with Crippen molar-refractivity contribution in [1.82, 2.24) is 4.98 Å². The normalized spacial score (nSPS) is 10.2. The van der Waals surface area contributed by atoms with Gasteiger partial charge in [-0.1, -0.05) is 11.6 Å². The minimum absolute atomic E-state index is 0.414. The van der Waals surface area contributed by atoms with E-state index in [0.717, 1.165) is 5.56 Å². The maximum atomic E-state index is 11.4. The third-order valence-corrected chi connectivity index (χ3v) is 3.88. The van der Waals surface area contributed by atoms with E-state index in [9.17, 15) is 4.79 Å². The Kier molecular flexibility index (Phi) is 4.46. The third-order valence-electron chi connectivity index (χ3n) is 2.57. The average molecular weight is 314 g/mol. The maximum absolute atomic E-state index is 11.4. The zero-order valence-corrected chi connectivity index (χ0v) is 12.7. The number of esters is 1. The first-order valence-electron chi connectivity index (χ1n) is 5.56. The summed E-state index contributed by atoms with van der Waals surface area (Å²) in [6.45, 7) is 0. The Hall–Kier alpha value is -1.79. The number of carbonyl (C=O) groups is 1. The van der Waals surface area contributed by atoms with Crippen molar-refractivity contribution < 1.29 is 19.0 Å². The van der Waals surface area contributed by atoms with E-state index in [4.69, 9.17) is 21.1 Å². The molecule has 1 aromatic heterocycles. The lowest BCUT2D eigenvalue weighted by Gasteiger charge is -2.10. The number of halogens is 1. The van der Waals surface area contributed by atoms with E-state index in [2.05, 4.69) is 9.72 Å². The predicted octanol–water partition coefficient (Wildman–Crippen LogP) is 3.27. The molecular formula is C13H12ClNO4S. The molecule has 1 aromatic carbocycles. The highest BCUT2D eigenvalue weighted by Gasteiger charge is 2.16. The van der Waals surface area contributed by atoms with Crippen LogP contribution in [-0.2, 0) is 4.74 Å². The lowest BCUT2D eigenvalue weighted by Crippen LogP contribution is -1.96. The number of aromatic nitrogens is 1. The van der Waals surface area contributed by atoms with E-state index in [0.29, 0.717) is 26.4 Å². The first kappa shape index (κ1) is 14.6. The van der Waals surface area contributed by atoms with Crippen LogP contribution >= 0.6 is 22.9 Å². The van der Waals surface area contributed by atoms with Gasteiger partial charge in [0.25, 0.3) is 0 Å². The smallest absolute Gasteiger partial charge is 0.349 e. The molecule has 0 bridgehead atoms. The van der Waals surface area contributed by atoms with Gasteiger partial charge in [0.15, 0.2) is 11.5 Å². The molecular weight excluding hydrogens is 302 g/mol. The fourth-order valence-corrected chi connectivity index (χ4v) is 2.75. The largest absolute Gasteiger partial charge is 0.493 e. The van der Waals surface area contributed by atoms with Crippen molar-refractivity contribution in [2.24, 2.45) is 0 Å². The van der Waals surface area contributed by atoms with E-state index in [1.165, 1.54) is 38.9 Å². The Balaban J connectivity index is 2.45. The fraction of sp³-hybridized carbons (Fsp3) is 0.231. The highest BCUT2D eigenvalue weighted by atomic mass is 35.5. The van der Waals surface area contributed by atoms with Gasteiger partial charge < -0.3 is 14.2 Å². The van der Waals surface area contributed by atoms with E-state index >= 15 is 0 Å². The van der Waals surface area contributed by atoms with E-state index in [1.54, 1.807) is 12.1 Å². The number of carbonyl (C=O) groups excluding carboxylic acids is 1. The Morgan fingerprint density at radius 2 is 2.00 bits per heavy atom. The van der Waals surface area contributed by atoms with Gasteiger partial charge >= 0.3 is 5.97 Å². The summed E-state index contributed by atoms with van der Waals surface area (Å²) in [5.74, 6) is 0.549. The van der Waals surface area contributed by atoms with Crippen molar-refractivity contribution in [3.05, 3.63) is 28.2 Å². The number of hydrogen-bond donors (Lipinski definition) is 0. The summed E-state index contributed by atoms with van der Waals surface area (Å²) in [7, 11) is 4.37. The van der Waals surface area contributed by atoms with E-state index in [-0.39, 0.29) is 0 Å². The second-order valence-corrected chi connectivity index (χ2v) is 5.15. The summed E-state index contributed by atoms with van der Waals surface area (Å²) in [5.41, 5.74) is 0.743. The van der Waals surface area contributed by atoms with Crippen LogP contribution in [-0.4, -0.2) is 32.3 Å². The molecule has 0 saturated heterocycles. The summed E-state index contributed by atoms with van der Waals surface area (Å²) in [6, 6.07) is 3.47. The van der Waals surface area contributed by atoms with Crippen LogP contribution in [0.4, 0.5) is 0 Å². The van der Waals surface area contributed by atoms with Gasteiger partial charge in [-0.15, -0.1) is 11.3 Å². The highest BCUT2D eigenvalue weighted by molar-refractivity contribution is 7.16. The zero-order valence-electron chi connectivity index (χ0n) is 11.1. The van der Waals surface area contributed by atoms with Crippen LogP contribution in [0.1, 0.15) is 9.67 Å². The highest BCUT2D eigenvalue weighted by Crippen LogP contribution is 2.40. The number of benzene rings is 1. The molecule has 0 unspecified atom stereocenters. The van der Waals surface area contributed by atoms with Gasteiger partial charge in [-0.3, -0.25) is 0 Å². The Labute approximate surface area is 125 Å². The fourth-order valence-electron chi connectivity index (χ4n) is 1.64. The van der Waals surface area contributed by atoms with Crippen LogP contribution in [0.3, 0.4) is 0 Å². The van der Waals surface area contributed by atoms with Crippen molar-refractivity contribution in [3.63, 3.8) is 0 Å². The summed E-state index contributed by atoms with van der Waals surface area (Å²) < 4.78 is 15.1. The molecule has 20 heavy (non-hydrogen) atoms. The topological polar surface area (TPSA) is 57.7 Å². The van der Waals surface area contributed by atoms with Crippen molar-refractivity contribution in [2.75, 3.05) is 21.3 Å². The Bertz CT molecular complexity index is 641. The first-order valence-corrected chi connectivity index (χ1v) is 6.76. The summed E-state index contributed by atoms with van der Waals surface area (Å²) in [4.78, 5) is 16.0. The van der Waals surface area contributed by atoms with Gasteiger partial charge in [0.2, 0.25) is 0 Å². The number of rotatable bonds is 4. The maximum Gasteiger partial charge on any atom is 0.349 e. The molecule has 7 heteroatoms. The van der Waals surface area contributed by atoms with Gasteiger partial charge in [0.05, 0.1) is 32.5 Å². The number of nitrogens with zero attached hydrogens (tertiary/aromatic N) is 1. The summed E-state index contributed by atoms with van der Waals surface area (Å²) in [5, 5.41) is 1.06. The third kappa shape index (κ3) is 2.71.